The number of hydrogen-bond acceptors (Lipinski definition) is 3. The summed E-state index contributed by atoms with van der Waals surface area (Å²) in [6.45, 7) is 3.78. The van der Waals surface area contributed by atoms with E-state index in [1.54, 1.807) is 15.8 Å². The minimum absolute atomic E-state index is 0.0181. The number of piperidine rings is 1. The number of aromatic nitrogens is 2. The summed E-state index contributed by atoms with van der Waals surface area (Å²) in [5.74, 6) is 0.817. The van der Waals surface area contributed by atoms with Gasteiger partial charge in [-0.2, -0.15) is 5.10 Å². The molecular weight excluding hydrogens is 228 g/mol. The minimum Gasteiger partial charge on any atom is -0.340 e. The lowest BCUT2D eigenvalue weighted by Crippen LogP contribution is -2.48. The monoisotopic (exact) mass is 250 g/mol. The molecule has 1 aromatic heterocycles. The molecule has 1 amide bonds. The number of carbonyl (C=O) groups is 1. The first-order chi connectivity index (χ1) is 8.56. The van der Waals surface area contributed by atoms with E-state index >= 15 is 0 Å². The predicted molar refractivity (Wildman–Crippen MR) is 69.9 cm³/mol. The summed E-state index contributed by atoms with van der Waals surface area (Å²) < 4.78 is 1.76. The van der Waals surface area contributed by atoms with Crippen molar-refractivity contribution < 1.29 is 4.79 Å². The lowest BCUT2D eigenvalue weighted by atomic mass is 9.93. The van der Waals surface area contributed by atoms with Crippen LogP contribution in [0.5, 0.6) is 0 Å². The molecule has 1 saturated heterocycles. The van der Waals surface area contributed by atoms with Gasteiger partial charge in [-0.05, 0) is 25.3 Å². The van der Waals surface area contributed by atoms with Crippen LogP contribution >= 0.6 is 0 Å². The standard InChI is InChI=1S/C13H22N4O/c1-10-4-5-14-12(6-10)13(18)16(2)8-11-7-15-17(3)9-11/h7,9-10,12,14H,4-6,8H2,1-3H3. The lowest BCUT2D eigenvalue weighted by Gasteiger charge is -2.30. The molecule has 2 rings (SSSR count). The Balaban J connectivity index is 1.91. The second kappa shape index (κ2) is 5.52. The van der Waals surface area contributed by atoms with Crippen molar-refractivity contribution in [3.8, 4) is 0 Å². The van der Waals surface area contributed by atoms with E-state index < -0.39 is 0 Å². The van der Waals surface area contributed by atoms with Gasteiger partial charge < -0.3 is 10.2 Å². The van der Waals surface area contributed by atoms with E-state index in [9.17, 15) is 4.79 Å². The Labute approximate surface area is 108 Å². The molecule has 0 saturated carbocycles. The molecule has 0 aromatic carbocycles. The third-order valence-electron chi connectivity index (χ3n) is 3.52. The third kappa shape index (κ3) is 3.10. The van der Waals surface area contributed by atoms with Crippen molar-refractivity contribution in [1.29, 1.82) is 0 Å². The fourth-order valence-corrected chi connectivity index (χ4v) is 2.47. The van der Waals surface area contributed by atoms with Crippen LogP contribution in [-0.4, -0.2) is 40.2 Å². The maximum absolute atomic E-state index is 12.3. The first-order valence-electron chi connectivity index (χ1n) is 6.52. The zero-order valence-corrected chi connectivity index (χ0v) is 11.4. The third-order valence-corrected chi connectivity index (χ3v) is 3.52. The molecule has 18 heavy (non-hydrogen) atoms. The number of hydrogen-bond donors (Lipinski definition) is 1. The molecule has 0 bridgehead atoms. The number of carbonyl (C=O) groups excluding carboxylic acids is 1. The Kier molecular flexibility index (Phi) is 4.01. The van der Waals surface area contributed by atoms with Gasteiger partial charge in [-0.1, -0.05) is 6.92 Å². The molecule has 0 radical (unpaired) electrons. The molecule has 1 aromatic rings. The van der Waals surface area contributed by atoms with Crippen molar-refractivity contribution in [2.24, 2.45) is 13.0 Å². The highest BCUT2D eigenvalue weighted by atomic mass is 16.2. The van der Waals surface area contributed by atoms with Gasteiger partial charge in [0.05, 0.1) is 12.2 Å². The van der Waals surface area contributed by atoms with Crippen LogP contribution < -0.4 is 5.32 Å². The Hall–Kier alpha value is -1.36. The summed E-state index contributed by atoms with van der Waals surface area (Å²) in [7, 11) is 3.74. The average Bonchev–Trinajstić information content (AvgIpc) is 2.73. The topological polar surface area (TPSA) is 50.2 Å². The Morgan fingerprint density at radius 1 is 1.67 bits per heavy atom. The fourth-order valence-electron chi connectivity index (χ4n) is 2.47. The summed E-state index contributed by atoms with van der Waals surface area (Å²) in [6.07, 6.45) is 5.85. The second-order valence-corrected chi connectivity index (χ2v) is 5.35. The molecule has 5 nitrogen and oxygen atoms in total. The largest absolute Gasteiger partial charge is 0.340 e. The van der Waals surface area contributed by atoms with Crippen LogP contribution in [0.2, 0.25) is 0 Å². The Morgan fingerprint density at radius 2 is 2.44 bits per heavy atom. The number of aryl methyl sites for hydroxylation is 1. The maximum atomic E-state index is 12.3. The smallest absolute Gasteiger partial charge is 0.239 e. The highest BCUT2D eigenvalue weighted by Crippen LogP contribution is 2.17. The summed E-state index contributed by atoms with van der Waals surface area (Å²) in [4.78, 5) is 14.1. The molecule has 1 aliphatic rings. The summed E-state index contributed by atoms with van der Waals surface area (Å²) >= 11 is 0. The molecule has 1 aliphatic heterocycles. The molecule has 2 heterocycles. The molecule has 100 valence electrons. The first kappa shape index (κ1) is 13.1. The van der Waals surface area contributed by atoms with Gasteiger partial charge in [0.25, 0.3) is 0 Å². The Morgan fingerprint density at radius 3 is 3.06 bits per heavy atom. The van der Waals surface area contributed by atoms with Crippen molar-refractivity contribution in [2.45, 2.75) is 32.4 Å². The summed E-state index contributed by atoms with van der Waals surface area (Å²) in [6, 6.07) is -0.0181. The normalized spacial score (nSPS) is 23.9. The zero-order valence-electron chi connectivity index (χ0n) is 11.4. The van der Waals surface area contributed by atoms with Crippen molar-refractivity contribution >= 4 is 5.91 Å². The molecule has 1 fully saturated rings. The van der Waals surface area contributed by atoms with Crippen molar-refractivity contribution in [1.82, 2.24) is 20.0 Å². The van der Waals surface area contributed by atoms with Crippen molar-refractivity contribution in [2.75, 3.05) is 13.6 Å². The van der Waals surface area contributed by atoms with E-state index in [1.807, 2.05) is 20.3 Å². The number of amides is 1. The molecule has 5 heteroatoms. The second-order valence-electron chi connectivity index (χ2n) is 5.35. The number of nitrogens with one attached hydrogen (secondary N) is 1. The van der Waals surface area contributed by atoms with Gasteiger partial charge in [0.1, 0.15) is 0 Å². The van der Waals surface area contributed by atoms with Gasteiger partial charge >= 0.3 is 0 Å². The summed E-state index contributed by atoms with van der Waals surface area (Å²) in [5, 5.41) is 7.43. The molecule has 1 N–H and O–H groups in total. The van der Waals surface area contributed by atoms with E-state index in [2.05, 4.69) is 17.3 Å². The number of nitrogens with zero attached hydrogens (tertiary/aromatic N) is 3. The molecule has 2 atom stereocenters. The van der Waals surface area contributed by atoms with Gasteiger partial charge in [0, 0.05) is 32.4 Å². The fraction of sp³-hybridized carbons (Fsp3) is 0.692. The molecular formula is C13H22N4O. The molecule has 0 spiro atoms. The quantitative estimate of drug-likeness (QED) is 0.862. The first-order valence-corrected chi connectivity index (χ1v) is 6.52. The van der Waals surface area contributed by atoms with E-state index in [0.717, 1.165) is 24.9 Å². The molecule has 2 unspecified atom stereocenters. The number of rotatable bonds is 3. The van der Waals surface area contributed by atoms with E-state index in [-0.39, 0.29) is 11.9 Å². The van der Waals surface area contributed by atoms with Crippen molar-refractivity contribution in [3.05, 3.63) is 18.0 Å². The molecule has 0 aliphatic carbocycles. The zero-order chi connectivity index (χ0) is 13.1. The van der Waals surface area contributed by atoms with Crippen LogP contribution in [0, 0.1) is 5.92 Å². The minimum atomic E-state index is -0.0181. The lowest BCUT2D eigenvalue weighted by molar-refractivity contribution is -0.133. The maximum Gasteiger partial charge on any atom is 0.239 e. The van der Waals surface area contributed by atoms with E-state index in [4.69, 9.17) is 0 Å². The van der Waals surface area contributed by atoms with Crippen LogP contribution in [0.25, 0.3) is 0 Å². The highest BCUT2D eigenvalue weighted by Gasteiger charge is 2.26. The van der Waals surface area contributed by atoms with Crippen LogP contribution in [0.1, 0.15) is 25.3 Å². The highest BCUT2D eigenvalue weighted by molar-refractivity contribution is 5.81. The Bertz CT molecular complexity index is 415. The SMILES string of the molecule is CC1CCNC(C(=O)N(C)Cc2cnn(C)c2)C1. The van der Waals surface area contributed by atoms with Gasteiger partial charge in [-0.25, -0.2) is 0 Å². The van der Waals surface area contributed by atoms with E-state index in [0.29, 0.717) is 12.5 Å². The number of likely N-dealkylation sites (N-methyl/N-ethyl adjacent to an activating group) is 1. The van der Waals surface area contributed by atoms with Gasteiger partial charge in [0.2, 0.25) is 5.91 Å². The van der Waals surface area contributed by atoms with Crippen LogP contribution in [0.4, 0.5) is 0 Å². The van der Waals surface area contributed by atoms with Crippen LogP contribution in [-0.2, 0) is 18.4 Å². The van der Waals surface area contributed by atoms with Crippen molar-refractivity contribution in [3.63, 3.8) is 0 Å². The van der Waals surface area contributed by atoms with Crippen LogP contribution in [0.3, 0.4) is 0 Å². The van der Waals surface area contributed by atoms with Gasteiger partial charge in [0.15, 0.2) is 0 Å². The summed E-state index contributed by atoms with van der Waals surface area (Å²) in [5.41, 5.74) is 1.07. The van der Waals surface area contributed by atoms with Gasteiger partial charge in [-0.15, -0.1) is 0 Å². The van der Waals surface area contributed by atoms with Gasteiger partial charge in [-0.3, -0.25) is 9.48 Å². The van der Waals surface area contributed by atoms with E-state index in [1.165, 1.54) is 0 Å². The van der Waals surface area contributed by atoms with Crippen LogP contribution in [0.15, 0.2) is 12.4 Å². The average molecular weight is 250 g/mol. The predicted octanol–water partition coefficient (Wildman–Crippen LogP) is 0.767.